The first-order chi connectivity index (χ1) is 7.72. The average molecular weight is 217 g/mol. The van der Waals surface area contributed by atoms with Gasteiger partial charge in [-0.25, -0.2) is 4.68 Å². The van der Waals surface area contributed by atoms with Crippen molar-refractivity contribution in [1.82, 2.24) is 15.0 Å². The molecular formula is C11H11N3O2. The summed E-state index contributed by atoms with van der Waals surface area (Å²) in [4.78, 5) is 11.1. The smallest absolute Gasteiger partial charge is 0.159 e. The van der Waals surface area contributed by atoms with Gasteiger partial charge in [-0.2, -0.15) is 0 Å². The van der Waals surface area contributed by atoms with Crippen molar-refractivity contribution in [1.29, 1.82) is 0 Å². The molecule has 0 amide bonds. The molecule has 0 aliphatic carbocycles. The number of aromatic nitrogens is 3. The molecule has 1 aromatic carbocycles. The fraction of sp³-hybridized carbons (Fsp3) is 0.182. The maximum atomic E-state index is 11.1. The Morgan fingerprint density at radius 3 is 2.62 bits per heavy atom. The molecule has 0 saturated carbocycles. The molecule has 2 rings (SSSR count). The number of carbonyl (C=O) groups is 1. The van der Waals surface area contributed by atoms with Crippen LogP contribution < -0.4 is 0 Å². The third-order valence-corrected chi connectivity index (χ3v) is 2.30. The van der Waals surface area contributed by atoms with Gasteiger partial charge in [0.25, 0.3) is 0 Å². The molecule has 2 aromatic rings. The predicted octanol–water partition coefficient (Wildman–Crippen LogP) is 0.962. The largest absolute Gasteiger partial charge is 0.390 e. The van der Waals surface area contributed by atoms with Crippen molar-refractivity contribution in [2.45, 2.75) is 13.5 Å². The normalized spacial score (nSPS) is 10.4. The summed E-state index contributed by atoms with van der Waals surface area (Å²) in [6.45, 7) is 1.39. The molecule has 0 fully saturated rings. The predicted molar refractivity (Wildman–Crippen MR) is 57.3 cm³/mol. The summed E-state index contributed by atoms with van der Waals surface area (Å²) >= 11 is 0. The Morgan fingerprint density at radius 2 is 2.06 bits per heavy atom. The van der Waals surface area contributed by atoms with Crippen LogP contribution in [0.2, 0.25) is 0 Å². The van der Waals surface area contributed by atoms with Crippen LogP contribution in [0.25, 0.3) is 5.69 Å². The number of rotatable bonds is 3. The van der Waals surface area contributed by atoms with Crippen molar-refractivity contribution in [3.8, 4) is 5.69 Å². The van der Waals surface area contributed by atoms with E-state index in [1.165, 1.54) is 17.8 Å². The topological polar surface area (TPSA) is 68.0 Å². The number of ketones is 1. The number of benzene rings is 1. The highest BCUT2D eigenvalue weighted by Crippen LogP contribution is 2.11. The highest BCUT2D eigenvalue weighted by Gasteiger charge is 2.05. The van der Waals surface area contributed by atoms with Crippen molar-refractivity contribution in [2.24, 2.45) is 0 Å². The fourth-order valence-electron chi connectivity index (χ4n) is 1.42. The van der Waals surface area contributed by atoms with E-state index in [9.17, 15) is 4.79 Å². The van der Waals surface area contributed by atoms with Crippen molar-refractivity contribution in [3.05, 3.63) is 41.7 Å². The van der Waals surface area contributed by atoms with Gasteiger partial charge in [-0.3, -0.25) is 4.79 Å². The van der Waals surface area contributed by atoms with Gasteiger partial charge in [-0.1, -0.05) is 5.21 Å². The van der Waals surface area contributed by atoms with Crippen LogP contribution in [0.15, 0.2) is 30.5 Å². The number of hydrogen-bond donors (Lipinski definition) is 1. The lowest BCUT2D eigenvalue weighted by Gasteiger charge is -2.04. The van der Waals surface area contributed by atoms with Crippen LogP contribution >= 0.6 is 0 Å². The minimum atomic E-state index is -0.124. The molecule has 1 aromatic heterocycles. The second kappa shape index (κ2) is 4.24. The van der Waals surface area contributed by atoms with Crippen molar-refractivity contribution in [2.75, 3.05) is 0 Å². The first-order valence-electron chi connectivity index (χ1n) is 4.84. The van der Waals surface area contributed by atoms with Gasteiger partial charge in [-0.15, -0.1) is 5.10 Å². The number of aliphatic hydroxyl groups is 1. The SMILES string of the molecule is CC(=O)c1ccc(-n2nncc2CO)cc1. The van der Waals surface area contributed by atoms with E-state index in [1.807, 2.05) is 0 Å². The summed E-state index contributed by atoms with van der Waals surface area (Å²) in [6.07, 6.45) is 1.50. The van der Waals surface area contributed by atoms with Gasteiger partial charge >= 0.3 is 0 Å². The molecule has 16 heavy (non-hydrogen) atoms. The van der Waals surface area contributed by atoms with Gasteiger partial charge in [0.1, 0.15) is 0 Å². The van der Waals surface area contributed by atoms with Gasteiger partial charge in [0.15, 0.2) is 5.78 Å². The van der Waals surface area contributed by atoms with Crippen LogP contribution in [0.3, 0.4) is 0 Å². The molecule has 82 valence electrons. The van der Waals surface area contributed by atoms with Crippen LogP contribution in [0.4, 0.5) is 0 Å². The third-order valence-electron chi connectivity index (χ3n) is 2.30. The fourth-order valence-corrected chi connectivity index (χ4v) is 1.42. The van der Waals surface area contributed by atoms with Gasteiger partial charge in [0, 0.05) is 5.56 Å². The molecule has 0 aliphatic rings. The molecule has 0 spiro atoms. The lowest BCUT2D eigenvalue weighted by atomic mass is 10.1. The highest BCUT2D eigenvalue weighted by molar-refractivity contribution is 5.94. The van der Waals surface area contributed by atoms with Gasteiger partial charge < -0.3 is 5.11 Å². The van der Waals surface area contributed by atoms with Crippen molar-refractivity contribution < 1.29 is 9.90 Å². The first-order valence-corrected chi connectivity index (χ1v) is 4.84. The third kappa shape index (κ3) is 1.85. The van der Waals surface area contributed by atoms with Gasteiger partial charge in [-0.05, 0) is 31.2 Å². The molecular weight excluding hydrogens is 206 g/mol. The zero-order valence-electron chi connectivity index (χ0n) is 8.79. The molecule has 0 radical (unpaired) electrons. The summed E-state index contributed by atoms with van der Waals surface area (Å²) in [6, 6.07) is 6.98. The number of Topliss-reactive ketones (excluding diaryl/α,β-unsaturated/α-hetero) is 1. The van der Waals surface area contributed by atoms with E-state index < -0.39 is 0 Å². The molecule has 5 nitrogen and oxygen atoms in total. The molecule has 0 saturated heterocycles. The van der Waals surface area contributed by atoms with Gasteiger partial charge in [0.2, 0.25) is 0 Å². The Hall–Kier alpha value is -2.01. The summed E-state index contributed by atoms with van der Waals surface area (Å²) in [5.74, 6) is 0.0209. The molecule has 0 unspecified atom stereocenters. The lowest BCUT2D eigenvalue weighted by molar-refractivity contribution is 0.101. The number of hydrogen-bond acceptors (Lipinski definition) is 4. The zero-order chi connectivity index (χ0) is 11.5. The summed E-state index contributed by atoms with van der Waals surface area (Å²) < 4.78 is 1.53. The molecule has 0 bridgehead atoms. The Kier molecular flexibility index (Phi) is 2.78. The van der Waals surface area contributed by atoms with E-state index >= 15 is 0 Å². The quantitative estimate of drug-likeness (QED) is 0.777. The minimum absolute atomic E-state index is 0.0209. The van der Waals surface area contributed by atoms with E-state index in [2.05, 4.69) is 10.3 Å². The van der Waals surface area contributed by atoms with Crippen LogP contribution in [0.5, 0.6) is 0 Å². The molecule has 0 atom stereocenters. The number of aliphatic hydroxyl groups excluding tert-OH is 1. The Morgan fingerprint density at radius 1 is 1.38 bits per heavy atom. The van der Waals surface area contributed by atoms with Crippen LogP contribution in [-0.2, 0) is 6.61 Å². The zero-order valence-corrected chi connectivity index (χ0v) is 8.79. The maximum Gasteiger partial charge on any atom is 0.159 e. The van der Waals surface area contributed by atoms with E-state index in [0.717, 1.165) is 5.69 Å². The monoisotopic (exact) mass is 217 g/mol. The van der Waals surface area contributed by atoms with Crippen molar-refractivity contribution >= 4 is 5.78 Å². The maximum absolute atomic E-state index is 11.1. The van der Waals surface area contributed by atoms with Crippen LogP contribution in [0, 0.1) is 0 Å². The van der Waals surface area contributed by atoms with E-state index in [0.29, 0.717) is 11.3 Å². The number of nitrogens with zero attached hydrogens (tertiary/aromatic N) is 3. The Balaban J connectivity index is 2.38. The summed E-state index contributed by atoms with van der Waals surface area (Å²) in [7, 11) is 0. The van der Waals surface area contributed by atoms with Crippen molar-refractivity contribution in [3.63, 3.8) is 0 Å². The highest BCUT2D eigenvalue weighted by atomic mass is 16.3. The Labute approximate surface area is 92.3 Å². The molecule has 1 N–H and O–H groups in total. The first kappa shape index (κ1) is 10.5. The van der Waals surface area contributed by atoms with Crippen LogP contribution in [0.1, 0.15) is 23.0 Å². The van der Waals surface area contributed by atoms with Gasteiger partial charge in [0.05, 0.1) is 24.2 Å². The Bertz CT molecular complexity index is 502. The second-order valence-corrected chi connectivity index (χ2v) is 3.40. The molecule has 0 aliphatic heterocycles. The van der Waals surface area contributed by atoms with Crippen LogP contribution in [-0.4, -0.2) is 25.9 Å². The number of carbonyl (C=O) groups excluding carboxylic acids is 1. The molecule has 1 heterocycles. The standard InChI is InChI=1S/C11H11N3O2/c1-8(16)9-2-4-10(5-3-9)14-11(7-15)6-12-13-14/h2-6,15H,7H2,1H3. The summed E-state index contributed by atoms with van der Waals surface area (Å²) in [5, 5.41) is 16.6. The minimum Gasteiger partial charge on any atom is -0.390 e. The lowest BCUT2D eigenvalue weighted by Crippen LogP contribution is -2.02. The van der Waals surface area contributed by atoms with E-state index in [4.69, 9.17) is 5.11 Å². The average Bonchev–Trinajstić information content (AvgIpc) is 2.77. The van der Waals surface area contributed by atoms with E-state index in [-0.39, 0.29) is 12.4 Å². The summed E-state index contributed by atoms with van der Waals surface area (Å²) in [5.41, 5.74) is 2.02. The van der Waals surface area contributed by atoms with E-state index in [1.54, 1.807) is 24.3 Å². The molecule has 5 heteroatoms. The second-order valence-electron chi connectivity index (χ2n) is 3.40.